The van der Waals surface area contributed by atoms with Gasteiger partial charge < -0.3 is 15.8 Å². The summed E-state index contributed by atoms with van der Waals surface area (Å²) >= 11 is 0. The minimum Gasteiger partial charge on any atom is -0.496 e. The molecule has 5 nitrogen and oxygen atoms in total. The van der Waals surface area contributed by atoms with Crippen LogP contribution in [0.4, 0.5) is 0 Å². The van der Waals surface area contributed by atoms with E-state index in [9.17, 15) is 4.79 Å². The number of methoxy groups -OCH3 is 1. The van der Waals surface area contributed by atoms with E-state index in [4.69, 9.17) is 10.5 Å². The molecule has 3 N–H and O–H groups in total. The molecule has 0 saturated heterocycles. The summed E-state index contributed by atoms with van der Waals surface area (Å²) in [6, 6.07) is 19.7. The number of hydrogen-bond donors (Lipinski definition) is 2. The van der Waals surface area contributed by atoms with Crippen LogP contribution in [0.25, 0.3) is 11.1 Å². The van der Waals surface area contributed by atoms with Gasteiger partial charge in [-0.15, -0.1) is 0 Å². The average molecular weight is 414 g/mol. The number of rotatable bonds is 6. The molecule has 0 bridgehead atoms. The molecule has 1 aliphatic heterocycles. The predicted octanol–water partition coefficient (Wildman–Crippen LogP) is 4.42. The fourth-order valence-electron chi connectivity index (χ4n) is 3.99. The van der Waals surface area contributed by atoms with Gasteiger partial charge in [0, 0.05) is 17.8 Å². The van der Waals surface area contributed by atoms with Gasteiger partial charge in [0.2, 0.25) is 0 Å². The minimum atomic E-state index is -0.278. The number of hydrogen-bond acceptors (Lipinski definition) is 4. The molecule has 0 saturated carbocycles. The van der Waals surface area contributed by atoms with Crippen molar-refractivity contribution in [2.45, 2.75) is 26.4 Å². The third-order valence-corrected chi connectivity index (χ3v) is 5.75. The molecular formula is C26H27N3O2. The summed E-state index contributed by atoms with van der Waals surface area (Å²) in [4.78, 5) is 17.7. The average Bonchev–Trinajstić information content (AvgIpc) is 3.17. The number of ether oxygens (including phenoxy) is 1. The summed E-state index contributed by atoms with van der Waals surface area (Å²) in [5, 5.41) is 3.07. The number of aliphatic imine (C=N–C) groups is 1. The number of nitrogens with two attached hydrogens (primary N) is 1. The number of nitrogens with one attached hydrogen (secondary N) is 1. The van der Waals surface area contributed by atoms with Crippen molar-refractivity contribution in [2.75, 3.05) is 13.7 Å². The van der Waals surface area contributed by atoms with Crippen LogP contribution < -0.4 is 15.8 Å². The van der Waals surface area contributed by atoms with Crippen LogP contribution in [-0.2, 0) is 6.54 Å². The first-order valence-corrected chi connectivity index (χ1v) is 10.4. The molecule has 1 aliphatic rings. The van der Waals surface area contributed by atoms with Crippen molar-refractivity contribution >= 4 is 11.6 Å². The zero-order valence-electron chi connectivity index (χ0n) is 18.1. The molecule has 0 aliphatic carbocycles. The van der Waals surface area contributed by atoms with Crippen LogP contribution in [0.5, 0.6) is 5.75 Å². The highest BCUT2D eigenvalue weighted by Gasteiger charge is 2.19. The number of aryl methyl sites for hydroxylation is 1. The Bertz CT molecular complexity index is 1170. The Balaban J connectivity index is 1.65. The second-order valence-corrected chi connectivity index (χ2v) is 7.86. The van der Waals surface area contributed by atoms with Gasteiger partial charge in [0.1, 0.15) is 5.75 Å². The van der Waals surface area contributed by atoms with E-state index in [1.54, 1.807) is 7.11 Å². The smallest absolute Gasteiger partial charge is 0.255 e. The van der Waals surface area contributed by atoms with Gasteiger partial charge in [-0.2, -0.15) is 0 Å². The largest absolute Gasteiger partial charge is 0.496 e. The van der Waals surface area contributed by atoms with Gasteiger partial charge in [-0.25, -0.2) is 0 Å². The predicted molar refractivity (Wildman–Crippen MR) is 125 cm³/mol. The van der Waals surface area contributed by atoms with Gasteiger partial charge in [0.05, 0.1) is 25.3 Å². The topological polar surface area (TPSA) is 76.7 Å². The van der Waals surface area contributed by atoms with Gasteiger partial charge in [-0.05, 0) is 54.3 Å². The zero-order valence-corrected chi connectivity index (χ0v) is 18.1. The Morgan fingerprint density at radius 3 is 2.61 bits per heavy atom. The van der Waals surface area contributed by atoms with E-state index in [1.165, 1.54) is 11.1 Å². The first-order valence-electron chi connectivity index (χ1n) is 10.4. The van der Waals surface area contributed by atoms with Gasteiger partial charge in [0.25, 0.3) is 5.91 Å². The van der Waals surface area contributed by atoms with E-state index < -0.39 is 0 Å². The van der Waals surface area contributed by atoms with Crippen LogP contribution >= 0.6 is 0 Å². The first kappa shape index (κ1) is 20.8. The summed E-state index contributed by atoms with van der Waals surface area (Å²) in [6.07, 6.45) is 0. The third kappa shape index (κ3) is 4.23. The van der Waals surface area contributed by atoms with Gasteiger partial charge >= 0.3 is 0 Å². The maximum absolute atomic E-state index is 13.2. The van der Waals surface area contributed by atoms with Crippen LogP contribution in [-0.4, -0.2) is 25.3 Å². The Hall–Kier alpha value is -3.44. The van der Waals surface area contributed by atoms with Gasteiger partial charge in [-0.3, -0.25) is 9.79 Å². The molecular weight excluding hydrogens is 386 g/mol. The van der Waals surface area contributed by atoms with Crippen LogP contribution in [0, 0.1) is 6.92 Å². The maximum atomic E-state index is 13.2. The number of nitrogens with zero attached hydrogens (tertiary/aromatic N) is 1. The molecule has 158 valence electrons. The van der Waals surface area contributed by atoms with Crippen molar-refractivity contribution in [2.24, 2.45) is 10.7 Å². The maximum Gasteiger partial charge on any atom is 0.255 e. The lowest BCUT2D eigenvalue weighted by Gasteiger charge is -2.19. The van der Waals surface area contributed by atoms with Crippen molar-refractivity contribution in [3.8, 4) is 16.9 Å². The highest BCUT2D eigenvalue weighted by molar-refractivity contribution is 6.03. The quantitative estimate of drug-likeness (QED) is 0.628. The second kappa shape index (κ2) is 8.74. The van der Waals surface area contributed by atoms with Gasteiger partial charge in [0.15, 0.2) is 0 Å². The van der Waals surface area contributed by atoms with Crippen molar-refractivity contribution < 1.29 is 9.53 Å². The summed E-state index contributed by atoms with van der Waals surface area (Å²) in [7, 11) is 1.57. The SMILES string of the molecule is COc1ccc(-c2ccc3c(c2)C(C)=NC3)cc1C(=O)NC(CN)c1cccc(C)c1. The molecule has 0 aromatic heterocycles. The molecule has 5 heteroatoms. The number of carbonyl (C=O) groups excluding carboxylic acids is 1. The summed E-state index contributed by atoms with van der Waals surface area (Å²) in [6.45, 7) is 5.09. The van der Waals surface area contributed by atoms with Crippen molar-refractivity contribution in [1.29, 1.82) is 0 Å². The van der Waals surface area contributed by atoms with Gasteiger partial charge in [-0.1, -0.05) is 48.0 Å². The Morgan fingerprint density at radius 1 is 1.10 bits per heavy atom. The van der Waals surface area contributed by atoms with E-state index in [-0.39, 0.29) is 11.9 Å². The van der Waals surface area contributed by atoms with Crippen LogP contribution in [0.15, 0.2) is 65.7 Å². The third-order valence-electron chi connectivity index (χ3n) is 5.75. The number of carbonyl (C=O) groups is 1. The molecule has 3 aromatic carbocycles. The first-order chi connectivity index (χ1) is 15.0. The van der Waals surface area contributed by atoms with E-state index in [1.807, 2.05) is 56.3 Å². The lowest BCUT2D eigenvalue weighted by Crippen LogP contribution is -2.33. The van der Waals surface area contributed by atoms with Crippen LogP contribution in [0.3, 0.4) is 0 Å². The summed E-state index contributed by atoms with van der Waals surface area (Å²) in [5.41, 5.74) is 14.0. The van der Waals surface area contributed by atoms with Crippen LogP contribution in [0.1, 0.15) is 45.6 Å². The molecule has 1 heterocycles. The van der Waals surface area contributed by atoms with Crippen molar-refractivity contribution in [1.82, 2.24) is 5.32 Å². The number of benzene rings is 3. The number of fused-ring (bicyclic) bond motifs is 1. The van der Waals surface area contributed by atoms with Crippen LogP contribution in [0.2, 0.25) is 0 Å². The van der Waals surface area contributed by atoms with E-state index in [0.29, 0.717) is 17.9 Å². The Labute approximate surface area is 183 Å². The number of amides is 1. The van der Waals surface area contributed by atoms with E-state index in [0.717, 1.165) is 34.5 Å². The molecule has 1 amide bonds. The molecule has 31 heavy (non-hydrogen) atoms. The molecule has 4 rings (SSSR count). The Morgan fingerprint density at radius 2 is 1.87 bits per heavy atom. The standard InChI is InChI=1S/C26H27N3O2/c1-16-5-4-6-20(11-16)24(14-27)29-26(30)23-13-19(9-10-25(23)31-3)18-7-8-21-15-28-17(2)22(21)12-18/h4-13,24H,14-15,27H2,1-3H3,(H,29,30). The summed E-state index contributed by atoms with van der Waals surface area (Å²) < 4.78 is 5.48. The lowest BCUT2D eigenvalue weighted by atomic mass is 9.96. The van der Waals surface area contributed by atoms with Crippen molar-refractivity contribution in [3.63, 3.8) is 0 Å². The highest BCUT2D eigenvalue weighted by atomic mass is 16.5. The lowest BCUT2D eigenvalue weighted by molar-refractivity contribution is 0.0935. The molecule has 0 radical (unpaired) electrons. The monoisotopic (exact) mass is 413 g/mol. The van der Waals surface area contributed by atoms with Crippen molar-refractivity contribution in [3.05, 3.63) is 88.5 Å². The van der Waals surface area contributed by atoms with E-state index >= 15 is 0 Å². The molecule has 0 fully saturated rings. The molecule has 3 aromatic rings. The highest BCUT2D eigenvalue weighted by Crippen LogP contribution is 2.30. The normalized spacial score (nSPS) is 13.4. The molecule has 1 atom stereocenters. The van der Waals surface area contributed by atoms with E-state index in [2.05, 4.69) is 28.5 Å². The molecule has 1 unspecified atom stereocenters. The minimum absolute atomic E-state index is 0.213. The fourth-order valence-corrected chi connectivity index (χ4v) is 3.99. The zero-order chi connectivity index (χ0) is 22.0. The summed E-state index contributed by atoms with van der Waals surface area (Å²) in [5.74, 6) is 0.315. The fraction of sp³-hybridized carbons (Fsp3) is 0.231. The Kier molecular flexibility index (Phi) is 5.87. The molecule has 0 spiro atoms. The second-order valence-electron chi connectivity index (χ2n) is 7.86.